The molecule has 144 valence electrons. The first-order chi connectivity index (χ1) is 11.9. The minimum atomic E-state index is 0.148. The molecule has 1 rings (SSSR count). The lowest BCUT2D eigenvalue weighted by Gasteiger charge is -2.17. The molecule has 0 saturated carbocycles. The van der Waals surface area contributed by atoms with Crippen molar-refractivity contribution in [2.24, 2.45) is 0 Å². The number of benzene rings is 1. The van der Waals surface area contributed by atoms with Crippen molar-refractivity contribution in [2.45, 2.75) is 45.1 Å². The summed E-state index contributed by atoms with van der Waals surface area (Å²) < 4.78 is 0. The van der Waals surface area contributed by atoms with Crippen molar-refractivity contribution in [3.05, 3.63) is 48.1 Å². The molecule has 0 bridgehead atoms. The van der Waals surface area contributed by atoms with E-state index < -0.39 is 0 Å². The van der Waals surface area contributed by atoms with Crippen molar-refractivity contribution in [3.63, 3.8) is 0 Å². The van der Waals surface area contributed by atoms with E-state index in [1.54, 1.807) is 0 Å². The van der Waals surface area contributed by atoms with Crippen LogP contribution in [0.25, 0.3) is 5.57 Å². The van der Waals surface area contributed by atoms with Crippen LogP contribution >= 0.6 is 37.9 Å². The Labute approximate surface area is 172 Å². The molecule has 0 spiro atoms. The Kier molecular flexibility index (Phi) is 18.1. The zero-order chi connectivity index (χ0) is 19.8. The summed E-state index contributed by atoms with van der Waals surface area (Å²) in [5.41, 5.74) is 10.2. The number of nitrogens with two attached hydrogens (primary N) is 2. The molecule has 0 fully saturated rings. The molecule has 1 aromatic carbocycles. The van der Waals surface area contributed by atoms with E-state index in [0.717, 1.165) is 35.7 Å². The predicted octanol–water partition coefficient (Wildman–Crippen LogP) is 4.37. The molecule has 0 saturated heterocycles. The molecule has 0 aliphatic carbocycles. The topological polar surface area (TPSA) is 42.6 Å². The average molecular weight is 402 g/mol. The molecule has 0 aromatic heterocycles. The highest BCUT2D eigenvalue weighted by molar-refractivity contribution is 7.81. The van der Waals surface area contributed by atoms with E-state index >= 15 is 0 Å². The fourth-order valence-corrected chi connectivity index (χ4v) is 2.61. The van der Waals surface area contributed by atoms with Crippen LogP contribution in [-0.4, -0.2) is 29.3 Å². The molecule has 1 aromatic rings. The highest BCUT2D eigenvalue weighted by Crippen LogP contribution is 2.26. The van der Waals surface area contributed by atoms with Crippen molar-refractivity contribution in [2.75, 3.05) is 24.6 Å². The van der Waals surface area contributed by atoms with Crippen molar-refractivity contribution in [1.82, 2.24) is 0 Å². The number of para-hydroxylation sites is 1. The minimum absolute atomic E-state index is 0.148. The smallest absolute Gasteiger partial charge is 0.0915 e. The van der Waals surface area contributed by atoms with Crippen LogP contribution in [0.3, 0.4) is 0 Å². The van der Waals surface area contributed by atoms with Crippen molar-refractivity contribution >= 4 is 49.1 Å². The summed E-state index contributed by atoms with van der Waals surface area (Å²) in [4.78, 5) is 0. The van der Waals surface area contributed by atoms with Crippen molar-refractivity contribution in [1.29, 1.82) is 0 Å². The van der Waals surface area contributed by atoms with Gasteiger partial charge in [0.15, 0.2) is 0 Å². The summed E-state index contributed by atoms with van der Waals surface area (Å²) in [7, 11) is 0. The third-order valence-corrected chi connectivity index (χ3v) is 4.43. The summed E-state index contributed by atoms with van der Waals surface area (Å²) >= 11 is 13.0. The third-order valence-electron chi connectivity index (χ3n) is 3.29. The van der Waals surface area contributed by atoms with E-state index in [2.05, 4.69) is 43.2 Å². The first-order valence-electron chi connectivity index (χ1n) is 8.84. The lowest BCUT2D eigenvalue weighted by Crippen LogP contribution is -2.87. The largest absolute Gasteiger partial charge is 0.398 e. The number of quaternary nitrogens is 1. The number of allylic oxidation sites excluding steroid dienone is 1. The van der Waals surface area contributed by atoms with E-state index in [1.165, 1.54) is 5.57 Å². The molecule has 0 aliphatic rings. The summed E-state index contributed by atoms with van der Waals surface area (Å²) in [6.45, 7) is 15.7. The van der Waals surface area contributed by atoms with E-state index in [-0.39, 0.29) is 10.5 Å². The van der Waals surface area contributed by atoms with Gasteiger partial charge in [-0.25, -0.2) is 0 Å². The molecule has 2 atom stereocenters. The molecule has 0 amide bonds. The number of rotatable bonds is 7. The van der Waals surface area contributed by atoms with Crippen LogP contribution in [-0.2, 0) is 0 Å². The maximum Gasteiger partial charge on any atom is 0.0915 e. The van der Waals surface area contributed by atoms with Crippen LogP contribution < -0.4 is 11.1 Å². The highest BCUT2D eigenvalue weighted by atomic mass is 32.1. The van der Waals surface area contributed by atoms with Gasteiger partial charge in [0.2, 0.25) is 0 Å². The fourth-order valence-electron chi connectivity index (χ4n) is 2.03. The van der Waals surface area contributed by atoms with Crippen molar-refractivity contribution < 1.29 is 5.32 Å². The normalized spacial score (nSPS) is 12.9. The van der Waals surface area contributed by atoms with Gasteiger partial charge in [0, 0.05) is 11.3 Å². The van der Waals surface area contributed by atoms with Crippen LogP contribution in [0.2, 0.25) is 0 Å². The lowest BCUT2D eigenvalue weighted by atomic mass is 10.0. The van der Waals surface area contributed by atoms with E-state index in [0.29, 0.717) is 0 Å². The highest BCUT2D eigenvalue weighted by Gasteiger charge is 2.16. The SMILES string of the molecule is C=C(C)C(S)C[NH2+]CC(S)/C(=C/C)c1ccccc1N.CC.CCS. The Bertz CT molecular complexity index is 501. The average Bonchev–Trinajstić information content (AvgIpc) is 2.59. The lowest BCUT2D eigenvalue weighted by molar-refractivity contribution is -0.651. The Balaban J connectivity index is 0. The molecule has 5 heteroatoms. The summed E-state index contributed by atoms with van der Waals surface area (Å²) in [5, 5.41) is 2.61. The second-order valence-electron chi connectivity index (χ2n) is 5.29. The number of anilines is 1. The first-order valence-corrected chi connectivity index (χ1v) is 10.5. The van der Waals surface area contributed by atoms with Crippen LogP contribution in [0.1, 0.15) is 40.2 Å². The standard InChI is InChI=1S/C16H24N2S2.C2H6S.C2H6/c1-4-12(13-7-5-6-8-14(13)17)16(20)10-18-9-15(19)11(2)3;1-2-3;1-2/h4-8,15-16,18-20H,2,9-10,17H2,1,3H3;3H,2H2,1H3;1-2H3/p+1/b12-4+;;. The minimum Gasteiger partial charge on any atom is -0.398 e. The molecule has 4 N–H and O–H groups in total. The second kappa shape index (κ2) is 17.0. The zero-order valence-electron chi connectivity index (χ0n) is 16.4. The number of hydrogen-bond donors (Lipinski definition) is 5. The quantitative estimate of drug-likeness (QED) is 0.263. The molecular weight excluding hydrogens is 364 g/mol. The third kappa shape index (κ3) is 11.7. The molecule has 0 aliphatic heterocycles. The maximum atomic E-state index is 6.04. The van der Waals surface area contributed by atoms with Crippen molar-refractivity contribution in [3.8, 4) is 0 Å². The van der Waals surface area contributed by atoms with Gasteiger partial charge < -0.3 is 11.1 Å². The zero-order valence-corrected chi connectivity index (χ0v) is 19.0. The number of nitrogen functional groups attached to an aromatic ring is 1. The molecular formula is C20H37N2S3+. The van der Waals surface area contributed by atoms with Gasteiger partial charge in [-0.3, -0.25) is 0 Å². The molecule has 0 radical (unpaired) electrons. The molecule has 2 unspecified atom stereocenters. The molecule has 2 nitrogen and oxygen atoms in total. The first kappa shape index (κ1) is 26.7. The van der Waals surface area contributed by atoms with Gasteiger partial charge in [-0.05, 0) is 31.2 Å². The molecule has 25 heavy (non-hydrogen) atoms. The second-order valence-corrected chi connectivity index (χ2v) is 7.16. The van der Waals surface area contributed by atoms with Crippen LogP contribution in [0.4, 0.5) is 5.69 Å². The van der Waals surface area contributed by atoms with Gasteiger partial charge in [0.05, 0.1) is 23.6 Å². The van der Waals surface area contributed by atoms with Crippen LogP contribution in [0.15, 0.2) is 42.5 Å². The van der Waals surface area contributed by atoms with Crippen LogP contribution in [0.5, 0.6) is 0 Å². The van der Waals surface area contributed by atoms with Gasteiger partial charge in [0.1, 0.15) is 0 Å². The van der Waals surface area contributed by atoms with Gasteiger partial charge in [-0.1, -0.05) is 57.2 Å². The van der Waals surface area contributed by atoms with Gasteiger partial charge in [-0.2, -0.15) is 37.9 Å². The fraction of sp³-hybridized carbons (Fsp3) is 0.500. The van der Waals surface area contributed by atoms with E-state index in [9.17, 15) is 0 Å². The summed E-state index contributed by atoms with van der Waals surface area (Å²) in [6, 6.07) is 7.92. The van der Waals surface area contributed by atoms with Gasteiger partial charge in [-0.15, -0.1) is 0 Å². The summed E-state index contributed by atoms with van der Waals surface area (Å²) in [6.07, 6.45) is 2.09. The van der Waals surface area contributed by atoms with Gasteiger partial charge in [0.25, 0.3) is 0 Å². The molecule has 0 heterocycles. The predicted molar refractivity (Wildman–Crippen MR) is 127 cm³/mol. The van der Waals surface area contributed by atoms with E-state index in [1.807, 2.05) is 58.9 Å². The Morgan fingerprint density at radius 3 is 2.12 bits per heavy atom. The Morgan fingerprint density at radius 2 is 1.68 bits per heavy atom. The maximum absolute atomic E-state index is 6.04. The van der Waals surface area contributed by atoms with E-state index in [4.69, 9.17) is 18.4 Å². The van der Waals surface area contributed by atoms with Gasteiger partial charge >= 0.3 is 0 Å². The Hall–Kier alpha value is -0.490. The monoisotopic (exact) mass is 401 g/mol. The summed E-state index contributed by atoms with van der Waals surface area (Å²) in [5.74, 6) is 0.944. The van der Waals surface area contributed by atoms with Crippen LogP contribution in [0, 0.1) is 0 Å². The number of hydrogen-bond acceptors (Lipinski definition) is 4. The number of thiol groups is 3. The Morgan fingerprint density at radius 1 is 1.20 bits per heavy atom.